The molecule has 2 aliphatic rings. The van der Waals surface area contributed by atoms with Crippen molar-refractivity contribution in [3.8, 4) is 11.5 Å². The third-order valence-corrected chi connectivity index (χ3v) is 6.71. The Balaban J connectivity index is 1.54. The zero-order chi connectivity index (χ0) is 29.1. The second kappa shape index (κ2) is 11.7. The lowest BCUT2D eigenvalue weighted by Crippen LogP contribution is -2.34. The molecule has 5 rings (SSSR count). The van der Waals surface area contributed by atoms with E-state index in [0.717, 1.165) is 5.69 Å². The van der Waals surface area contributed by atoms with Gasteiger partial charge in [-0.25, -0.2) is 4.79 Å². The standard InChI is InChI=1S/C31H32N4O6/c1-5-39-31(38)20-6-12-23-24(16-20)33-30(37)28(23)29(19-7-13-25-26(17-19)41-15-14-40-25)32-21-8-10-22(11-9-21)35(4)27(36)18-34(2)3/h6-13,16-17,32H,5,14-15,18H2,1-4H3,(H,33,37). The van der Waals surface area contributed by atoms with Gasteiger partial charge in [0.15, 0.2) is 11.5 Å². The molecule has 0 bridgehead atoms. The van der Waals surface area contributed by atoms with E-state index >= 15 is 0 Å². The molecule has 0 saturated heterocycles. The minimum absolute atomic E-state index is 0.0313. The fourth-order valence-corrected chi connectivity index (χ4v) is 4.67. The number of anilines is 3. The van der Waals surface area contributed by atoms with Gasteiger partial charge in [-0.1, -0.05) is 6.07 Å². The predicted octanol–water partition coefficient (Wildman–Crippen LogP) is 4.09. The first-order valence-electron chi connectivity index (χ1n) is 13.3. The van der Waals surface area contributed by atoms with Crippen LogP contribution in [0.15, 0.2) is 60.7 Å². The largest absolute Gasteiger partial charge is 0.486 e. The van der Waals surface area contributed by atoms with E-state index in [4.69, 9.17) is 14.2 Å². The highest BCUT2D eigenvalue weighted by Crippen LogP contribution is 2.40. The van der Waals surface area contributed by atoms with Gasteiger partial charge in [0, 0.05) is 29.5 Å². The summed E-state index contributed by atoms with van der Waals surface area (Å²) in [6, 6.07) is 17.9. The number of nitrogens with one attached hydrogen (secondary N) is 2. The van der Waals surface area contributed by atoms with Crippen LogP contribution in [0.25, 0.3) is 11.3 Å². The molecule has 0 unspecified atom stereocenters. The summed E-state index contributed by atoms with van der Waals surface area (Å²) in [4.78, 5) is 41.6. The van der Waals surface area contributed by atoms with Crippen LogP contribution >= 0.6 is 0 Å². The first-order valence-corrected chi connectivity index (χ1v) is 13.3. The van der Waals surface area contributed by atoms with Gasteiger partial charge in [0.2, 0.25) is 5.91 Å². The van der Waals surface area contributed by atoms with Gasteiger partial charge in [-0.3, -0.25) is 9.59 Å². The number of benzene rings is 3. The number of esters is 1. The summed E-state index contributed by atoms with van der Waals surface area (Å²) in [5, 5.41) is 6.31. The van der Waals surface area contributed by atoms with Gasteiger partial charge in [-0.2, -0.15) is 0 Å². The van der Waals surface area contributed by atoms with Crippen molar-refractivity contribution in [2.75, 3.05) is 63.0 Å². The van der Waals surface area contributed by atoms with Crippen LogP contribution in [0.3, 0.4) is 0 Å². The van der Waals surface area contributed by atoms with Crippen LogP contribution in [0.2, 0.25) is 0 Å². The summed E-state index contributed by atoms with van der Waals surface area (Å²) in [5.74, 6) is 0.414. The number of likely N-dealkylation sites (N-methyl/N-ethyl adjacent to an activating group) is 2. The maximum Gasteiger partial charge on any atom is 0.338 e. The van der Waals surface area contributed by atoms with E-state index in [1.54, 1.807) is 37.1 Å². The highest BCUT2D eigenvalue weighted by molar-refractivity contribution is 6.37. The fourth-order valence-electron chi connectivity index (χ4n) is 4.67. The lowest BCUT2D eigenvalue weighted by Gasteiger charge is -2.22. The summed E-state index contributed by atoms with van der Waals surface area (Å²) >= 11 is 0. The molecule has 10 nitrogen and oxygen atoms in total. The van der Waals surface area contributed by atoms with E-state index in [1.807, 2.05) is 61.5 Å². The van der Waals surface area contributed by atoms with Gasteiger partial charge in [0.1, 0.15) is 13.2 Å². The van der Waals surface area contributed by atoms with E-state index < -0.39 is 5.97 Å². The molecule has 2 heterocycles. The number of fused-ring (bicyclic) bond motifs is 2. The number of nitrogens with zero attached hydrogens (tertiary/aromatic N) is 2. The van der Waals surface area contributed by atoms with Crippen LogP contribution in [0.5, 0.6) is 11.5 Å². The van der Waals surface area contributed by atoms with Crippen LogP contribution in [-0.2, 0) is 14.3 Å². The van der Waals surface area contributed by atoms with Crippen LogP contribution in [0.4, 0.5) is 17.1 Å². The Morgan fingerprint density at radius 1 is 0.927 bits per heavy atom. The molecule has 10 heteroatoms. The summed E-state index contributed by atoms with van der Waals surface area (Å²) in [6.07, 6.45) is 0. The lowest BCUT2D eigenvalue weighted by atomic mass is 9.98. The van der Waals surface area contributed by atoms with Gasteiger partial charge in [0.25, 0.3) is 5.91 Å². The smallest absolute Gasteiger partial charge is 0.338 e. The number of carbonyl (C=O) groups excluding carboxylic acids is 3. The van der Waals surface area contributed by atoms with Crippen molar-refractivity contribution in [2.45, 2.75) is 6.92 Å². The Morgan fingerprint density at radius 3 is 2.34 bits per heavy atom. The zero-order valence-electron chi connectivity index (χ0n) is 23.4. The lowest BCUT2D eigenvalue weighted by molar-refractivity contribution is -0.119. The van der Waals surface area contributed by atoms with Gasteiger partial charge in [-0.05, 0) is 75.6 Å². The van der Waals surface area contributed by atoms with Crippen molar-refractivity contribution in [1.29, 1.82) is 0 Å². The highest BCUT2D eigenvalue weighted by atomic mass is 16.6. The maximum atomic E-state index is 13.4. The van der Waals surface area contributed by atoms with Crippen molar-refractivity contribution in [3.63, 3.8) is 0 Å². The minimum atomic E-state index is -0.457. The number of hydrogen-bond donors (Lipinski definition) is 2. The van der Waals surface area contributed by atoms with Crippen molar-refractivity contribution < 1.29 is 28.6 Å². The third kappa shape index (κ3) is 5.87. The van der Waals surface area contributed by atoms with Gasteiger partial charge in [0.05, 0.1) is 35.7 Å². The summed E-state index contributed by atoms with van der Waals surface area (Å²) < 4.78 is 16.6. The molecule has 3 aromatic rings. The first kappa shape index (κ1) is 27.7. The summed E-state index contributed by atoms with van der Waals surface area (Å²) in [5.41, 5.74) is 4.64. The van der Waals surface area contributed by atoms with E-state index in [1.165, 1.54) is 0 Å². The number of amides is 2. The Hall–Kier alpha value is -4.83. The van der Waals surface area contributed by atoms with Crippen molar-refractivity contribution in [2.24, 2.45) is 0 Å². The number of ether oxygens (including phenoxy) is 3. The molecule has 0 saturated carbocycles. The number of hydrogen-bond acceptors (Lipinski definition) is 8. The van der Waals surface area contributed by atoms with Crippen molar-refractivity contribution in [1.82, 2.24) is 4.90 Å². The second-order valence-electron chi connectivity index (χ2n) is 9.91. The molecule has 2 amide bonds. The average molecular weight is 557 g/mol. The number of rotatable bonds is 8. The normalized spacial score (nSPS) is 14.7. The van der Waals surface area contributed by atoms with E-state index in [-0.39, 0.29) is 18.4 Å². The molecule has 0 radical (unpaired) electrons. The molecule has 41 heavy (non-hydrogen) atoms. The molecule has 0 atom stereocenters. The monoisotopic (exact) mass is 556 g/mol. The Morgan fingerprint density at radius 2 is 1.63 bits per heavy atom. The van der Waals surface area contributed by atoms with E-state index in [0.29, 0.717) is 70.6 Å². The Labute approximate surface area is 238 Å². The quantitative estimate of drug-likeness (QED) is 0.316. The maximum absolute atomic E-state index is 13.4. The summed E-state index contributed by atoms with van der Waals surface area (Å²) in [7, 11) is 5.43. The molecular formula is C31H32N4O6. The van der Waals surface area contributed by atoms with Crippen molar-refractivity contribution >= 4 is 46.1 Å². The SMILES string of the molecule is CCOC(=O)c1ccc2c(c1)NC(=O)C2=C(Nc1ccc(N(C)C(=O)CN(C)C)cc1)c1ccc2c(c1)OCCO2. The molecule has 0 spiro atoms. The predicted molar refractivity (Wildman–Crippen MR) is 157 cm³/mol. The Bertz CT molecular complexity index is 1530. The van der Waals surface area contributed by atoms with Crippen LogP contribution in [0.1, 0.15) is 28.4 Å². The van der Waals surface area contributed by atoms with Crippen LogP contribution in [0, 0.1) is 0 Å². The molecular weight excluding hydrogens is 524 g/mol. The third-order valence-electron chi connectivity index (χ3n) is 6.71. The first-order chi connectivity index (χ1) is 19.7. The minimum Gasteiger partial charge on any atom is -0.486 e. The van der Waals surface area contributed by atoms with Gasteiger partial charge < -0.3 is 34.6 Å². The second-order valence-corrected chi connectivity index (χ2v) is 9.91. The van der Waals surface area contributed by atoms with E-state index in [2.05, 4.69) is 10.6 Å². The highest BCUT2D eigenvalue weighted by Gasteiger charge is 2.30. The summed E-state index contributed by atoms with van der Waals surface area (Å²) in [6.45, 7) is 3.19. The van der Waals surface area contributed by atoms with Crippen LogP contribution in [-0.4, -0.2) is 70.2 Å². The van der Waals surface area contributed by atoms with Gasteiger partial charge >= 0.3 is 5.97 Å². The molecule has 2 N–H and O–H groups in total. The zero-order valence-corrected chi connectivity index (χ0v) is 23.4. The van der Waals surface area contributed by atoms with Crippen LogP contribution < -0.4 is 25.0 Å². The molecule has 212 valence electrons. The average Bonchev–Trinajstić information content (AvgIpc) is 3.30. The molecule has 0 aliphatic carbocycles. The molecule has 2 aliphatic heterocycles. The topological polar surface area (TPSA) is 109 Å². The molecule has 0 aromatic heterocycles. The van der Waals surface area contributed by atoms with E-state index in [9.17, 15) is 14.4 Å². The van der Waals surface area contributed by atoms with Gasteiger partial charge in [-0.15, -0.1) is 0 Å². The molecule has 0 fully saturated rings. The Kier molecular flexibility index (Phi) is 7.93. The van der Waals surface area contributed by atoms with Crippen molar-refractivity contribution in [3.05, 3.63) is 77.4 Å². The molecule has 3 aromatic carbocycles. The number of carbonyl (C=O) groups is 3. The fraction of sp³-hybridized carbons (Fsp3) is 0.258.